The highest BCUT2D eigenvalue weighted by Crippen LogP contribution is 2.17. The molecule has 0 aliphatic heterocycles. The van der Waals surface area contributed by atoms with Crippen LogP contribution in [0.2, 0.25) is 0 Å². The van der Waals surface area contributed by atoms with Crippen LogP contribution in [0.5, 0.6) is 0 Å². The second-order valence-electron chi connectivity index (χ2n) is 5.73. The van der Waals surface area contributed by atoms with Crippen molar-refractivity contribution >= 4 is 12.6 Å². The van der Waals surface area contributed by atoms with Gasteiger partial charge in [-0.25, -0.2) is 0 Å². The normalized spacial score (nSPS) is 12.8. The molecule has 0 aliphatic carbocycles. The van der Waals surface area contributed by atoms with Gasteiger partial charge in [-0.15, -0.1) is 0 Å². The van der Waals surface area contributed by atoms with Crippen molar-refractivity contribution in [3.05, 3.63) is 0 Å². The molecule has 0 bridgehead atoms. The molecule has 1 atom stereocenters. The lowest BCUT2D eigenvalue weighted by Crippen LogP contribution is -1.98. The molecule has 18 heavy (non-hydrogen) atoms. The average molecular weight is 272 g/mol. The molecule has 0 heterocycles. The van der Waals surface area contributed by atoms with Gasteiger partial charge in [-0.05, 0) is 12.8 Å². The molecule has 0 aromatic rings. The molecular weight excluding hydrogens is 236 g/mol. The van der Waals surface area contributed by atoms with Crippen molar-refractivity contribution in [2.75, 3.05) is 0 Å². The van der Waals surface area contributed by atoms with Crippen LogP contribution in [0, 0.1) is 0 Å². The third-order valence-electron chi connectivity index (χ3n) is 3.76. The molecular formula is C17H35S. The minimum Gasteiger partial charge on any atom is -0.0904 e. The molecule has 0 fully saturated rings. The van der Waals surface area contributed by atoms with Gasteiger partial charge in [-0.2, -0.15) is 0 Å². The van der Waals surface area contributed by atoms with Gasteiger partial charge in [0.2, 0.25) is 0 Å². The van der Waals surface area contributed by atoms with Crippen LogP contribution in [0.25, 0.3) is 0 Å². The summed E-state index contributed by atoms with van der Waals surface area (Å²) in [4.78, 5) is 0. The van der Waals surface area contributed by atoms with Crippen LogP contribution in [-0.4, -0.2) is 5.25 Å². The van der Waals surface area contributed by atoms with Gasteiger partial charge < -0.3 is 0 Å². The third kappa shape index (κ3) is 14.4. The molecule has 0 rings (SSSR count). The molecule has 0 N–H and O–H groups in total. The Hall–Kier alpha value is 0.350. The number of hydrogen-bond acceptors (Lipinski definition) is 0. The largest absolute Gasteiger partial charge is 0.0904 e. The van der Waals surface area contributed by atoms with Crippen LogP contribution in [0.15, 0.2) is 0 Å². The van der Waals surface area contributed by atoms with E-state index in [4.69, 9.17) is 12.6 Å². The van der Waals surface area contributed by atoms with E-state index in [1.165, 1.54) is 89.9 Å². The standard InChI is InChI=1S/C17H35S/c1-3-5-7-9-10-12-14-16-17(18)15-13-11-8-6-4-2/h17H,3-16H2,1-2H3. The Labute approximate surface area is 122 Å². The maximum atomic E-state index is 5.53. The van der Waals surface area contributed by atoms with E-state index in [-0.39, 0.29) is 0 Å². The van der Waals surface area contributed by atoms with E-state index in [1.807, 2.05) is 0 Å². The van der Waals surface area contributed by atoms with Gasteiger partial charge in [0.25, 0.3) is 0 Å². The fraction of sp³-hybridized carbons (Fsp3) is 1.00. The van der Waals surface area contributed by atoms with Gasteiger partial charge in [0.05, 0.1) is 0 Å². The van der Waals surface area contributed by atoms with Crippen LogP contribution >= 0.6 is 12.6 Å². The quantitative estimate of drug-likeness (QED) is 0.297. The Morgan fingerprint density at radius 2 is 0.889 bits per heavy atom. The predicted molar refractivity (Wildman–Crippen MR) is 87.4 cm³/mol. The Kier molecular flexibility index (Phi) is 15.7. The molecule has 109 valence electrons. The summed E-state index contributed by atoms with van der Waals surface area (Å²) < 4.78 is 0. The van der Waals surface area contributed by atoms with Gasteiger partial charge >= 0.3 is 0 Å². The lowest BCUT2D eigenvalue weighted by atomic mass is 10.0. The van der Waals surface area contributed by atoms with Crippen molar-refractivity contribution in [3.63, 3.8) is 0 Å². The van der Waals surface area contributed by atoms with Gasteiger partial charge in [-0.3, -0.25) is 0 Å². The smallest absolute Gasteiger partial charge is 0.0151 e. The third-order valence-corrected chi connectivity index (χ3v) is 4.23. The highest BCUT2D eigenvalue weighted by atomic mass is 32.1. The molecule has 1 heteroatoms. The van der Waals surface area contributed by atoms with E-state index in [9.17, 15) is 0 Å². The minimum atomic E-state index is 0.558. The molecule has 1 unspecified atom stereocenters. The molecule has 0 aliphatic rings. The monoisotopic (exact) mass is 271 g/mol. The number of rotatable bonds is 14. The van der Waals surface area contributed by atoms with E-state index in [0.717, 1.165) is 0 Å². The average Bonchev–Trinajstić information content (AvgIpc) is 2.37. The van der Waals surface area contributed by atoms with E-state index in [2.05, 4.69) is 13.8 Å². The zero-order chi connectivity index (χ0) is 13.5. The Balaban J connectivity index is 3.09. The summed E-state index contributed by atoms with van der Waals surface area (Å²) in [5.74, 6) is 0. The lowest BCUT2D eigenvalue weighted by Gasteiger charge is -2.09. The topological polar surface area (TPSA) is 0 Å². The summed E-state index contributed by atoms with van der Waals surface area (Å²) in [5, 5.41) is 0.558. The lowest BCUT2D eigenvalue weighted by molar-refractivity contribution is 0.543. The summed E-state index contributed by atoms with van der Waals surface area (Å²) in [5.41, 5.74) is 0. The van der Waals surface area contributed by atoms with E-state index >= 15 is 0 Å². The Bertz CT molecular complexity index is 145. The summed E-state index contributed by atoms with van der Waals surface area (Å²) >= 11 is 5.53. The number of hydrogen-bond donors (Lipinski definition) is 0. The van der Waals surface area contributed by atoms with Crippen molar-refractivity contribution in [1.29, 1.82) is 0 Å². The zero-order valence-electron chi connectivity index (χ0n) is 12.9. The first kappa shape index (κ1) is 18.4. The van der Waals surface area contributed by atoms with Gasteiger partial charge in [0, 0.05) is 5.25 Å². The van der Waals surface area contributed by atoms with E-state index in [0.29, 0.717) is 5.25 Å². The highest BCUT2D eigenvalue weighted by Gasteiger charge is 2.03. The highest BCUT2D eigenvalue weighted by molar-refractivity contribution is 7.80. The fourth-order valence-electron chi connectivity index (χ4n) is 2.45. The molecule has 0 saturated carbocycles. The van der Waals surface area contributed by atoms with Gasteiger partial charge in [0.1, 0.15) is 0 Å². The van der Waals surface area contributed by atoms with Crippen LogP contribution in [-0.2, 0) is 0 Å². The van der Waals surface area contributed by atoms with Crippen molar-refractivity contribution in [1.82, 2.24) is 0 Å². The Morgan fingerprint density at radius 3 is 1.28 bits per heavy atom. The zero-order valence-corrected chi connectivity index (χ0v) is 13.7. The molecule has 0 nitrogen and oxygen atoms in total. The summed E-state index contributed by atoms with van der Waals surface area (Å²) in [7, 11) is 0. The van der Waals surface area contributed by atoms with Crippen LogP contribution < -0.4 is 0 Å². The number of unbranched alkanes of at least 4 members (excludes halogenated alkanes) is 10. The second-order valence-corrected chi connectivity index (χ2v) is 6.40. The van der Waals surface area contributed by atoms with Crippen molar-refractivity contribution in [2.24, 2.45) is 0 Å². The predicted octanol–water partition coefficient (Wildman–Crippen LogP) is 7.05. The molecule has 0 aromatic carbocycles. The summed E-state index contributed by atoms with van der Waals surface area (Å²) in [6.07, 6.45) is 19.4. The van der Waals surface area contributed by atoms with Crippen LogP contribution in [0.4, 0.5) is 0 Å². The first-order valence-electron chi connectivity index (χ1n) is 8.47. The van der Waals surface area contributed by atoms with Gasteiger partial charge in [-0.1, -0.05) is 104 Å². The van der Waals surface area contributed by atoms with Crippen molar-refractivity contribution < 1.29 is 0 Å². The second kappa shape index (κ2) is 15.4. The molecule has 0 saturated heterocycles. The first-order chi connectivity index (χ1) is 8.81. The van der Waals surface area contributed by atoms with E-state index < -0.39 is 0 Å². The molecule has 0 spiro atoms. The summed E-state index contributed by atoms with van der Waals surface area (Å²) in [6, 6.07) is 0. The van der Waals surface area contributed by atoms with Gasteiger partial charge in [0.15, 0.2) is 0 Å². The van der Waals surface area contributed by atoms with Crippen molar-refractivity contribution in [3.8, 4) is 0 Å². The van der Waals surface area contributed by atoms with Crippen molar-refractivity contribution in [2.45, 2.75) is 109 Å². The fourth-order valence-corrected chi connectivity index (χ4v) is 2.78. The molecule has 0 aromatic heterocycles. The summed E-state index contributed by atoms with van der Waals surface area (Å²) in [6.45, 7) is 4.55. The molecule has 1 radical (unpaired) electrons. The van der Waals surface area contributed by atoms with E-state index in [1.54, 1.807) is 0 Å². The molecule has 0 amide bonds. The van der Waals surface area contributed by atoms with Crippen LogP contribution in [0.1, 0.15) is 104 Å². The Morgan fingerprint density at radius 1 is 0.556 bits per heavy atom. The van der Waals surface area contributed by atoms with Crippen LogP contribution in [0.3, 0.4) is 0 Å². The maximum absolute atomic E-state index is 5.53. The first-order valence-corrected chi connectivity index (χ1v) is 8.94. The maximum Gasteiger partial charge on any atom is 0.0151 e. The SMILES string of the molecule is CCCCCCCCCC([S])CCCCCCC. The minimum absolute atomic E-state index is 0.558.